The summed E-state index contributed by atoms with van der Waals surface area (Å²) in [5.41, 5.74) is 1.17. The van der Waals surface area contributed by atoms with Gasteiger partial charge in [-0.1, -0.05) is 17.3 Å². The normalized spacial score (nSPS) is 13.5. The largest absolute Gasteiger partial charge is 0.476 e. The quantitative estimate of drug-likeness (QED) is 0.606. The van der Waals surface area contributed by atoms with Crippen molar-refractivity contribution in [3.05, 3.63) is 42.0 Å². The maximum absolute atomic E-state index is 12.1. The molecule has 1 aliphatic rings. The van der Waals surface area contributed by atoms with Crippen LogP contribution in [0.5, 0.6) is 0 Å². The summed E-state index contributed by atoms with van der Waals surface area (Å²) in [5, 5.41) is 25.8. The second kappa shape index (κ2) is 6.39. The van der Waals surface area contributed by atoms with Crippen LogP contribution in [0.3, 0.4) is 0 Å². The molecule has 26 heavy (non-hydrogen) atoms. The molecule has 10 nitrogen and oxygen atoms in total. The molecule has 1 saturated carbocycles. The number of carboxylic acid groups (broad SMARTS) is 1. The van der Waals surface area contributed by atoms with Crippen molar-refractivity contribution in [1.82, 2.24) is 30.2 Å². The predicted octanol–water partition coefficient (Wildman–Crippen LogP) is 1.28. The minimum absolute atomic E-state index is 0.142. The SMILES string of the molecule is O=C(Cn1cc(C(=O)O)nn1)Nc1cccc(-c2n[nH]c(C3CC3)n2)c1. The van der Waals surface area contributed by atoms with Gasteiger partial charge in [-0.05, 0) is 25.0 Å². The maximum atomic E-state index is 12.1. The number of amides is 1. The Balaban J connectivity index is 1.43. The molecule has 2 heterocycles. The van der Waals surface area contributed by atoms with Gasteiger partial charge in [0.05, 0.1) is 6.20 Å². The summed E-state index contributed by atoms with van der Waals surface area (Å²) in [6.07, 6.45) is 3.47. The molecule has 0 saturated heterocycles. The van der Waals surface area contributed by atoms with Gasteiger partial charge in [-0.3, -0.25) is 9.89 Å². The molecule has 2 aromatic heterocycles. The molecule has 0 unspecified atom stereocenters. The highest BCUT2D eigenvalue weighted by Gasteiger charge is 2.27. The Kier molecular flexibility index (Phi) is 3.92. The van der Waals surface area contributed by atoms with Gasteiger partial charge in [-0.25, -0.2) is 14.5 Å². The van der Waals surface area contributed by atoms with Crippen molar-refractivity contribution in [3.63, 3.8) is 0 Å². The molecule has 1 fully saturated rings. The van der Waals surface area contributed by atoms with Gasteiger partial charge in [0.15, 0.2) is 11.5 Å². The van der Waals surface area contributed by atoms with E-state index < -0.39 is 5.97 Å². The summed E-state index contributed by atoms with van der Waals surface area (Å²) >= 11 is 0. The van der Waals surface area contributed by atoms with Gasteiger partial charge in [0.1, 0.15) is 12.4 Å². The van der Waals surface area contributed by atoms with Gasteiger partial charge in [0, 0.05) is 17.2 Å². The fourth-order valence-corrected chi connectivity index (χ4v) is 2.50. The van der Waals surface area contributed by atoms with E-state index in [0.717, 1.165) is 24.2 Å². The minimum atomic E-state index is -1.19. The molecule has 0 spiro atoms. The highest BCUT2D eigenvalue weighted by Crippen LogP contribution is 2.38. The van der Waals surface area contributed by atoms with E-state index in [2.05, 4.69) is 30.8 Å². The molecule has 1 amide bonds. The molecule has 3 N–H and O–H groups in total. The van der Waals surface area contributed by atoms with Crippen LogP contribution in [-0.4, -0.2) is 47.2 Å². The van der Waals surface area contributed by atoms with Crippen molar-refractivity contribution in [2.45, 2.75) is 25.3 Å². The fourth-order valence-electron chi connectivity index (χ4n) is 2.50. The lowest BCUT2D eigenvalue weighted by Gasteiger charge is -2.06. The van der Waals surface area contributed by atoms with Crippen molar-refractivity contribution in [3.8, 4) is 11.4 Å². The fraction of sp³-hybridized carbons (Fsp3) is 0.250. The number of H-pyrrole nitrogens is 1. The van der Waals surface area contributed by atoms with Crippen LogP contribution >= 0.6 is 0 Å². The monoisotopic (exact) mass is 353 g/mol. The molecule has 0 aliphatic heterocycles. The minimum Gasteiger partial charge on any atom is -0.476 e. The van der Waals surface area contributed by atoms with Crippen molar-refractivity contribution >= 4 is 17.6 Å². The lowest BCUT2D eigenvalue weighted by atomic mass is 10.2. The number of anilines is 1. The van der Waals surface area contributed by atoms with Crippen LogP contribution in [0.25, 0.3) is 11.4 Å². The first-order chi connectivity index (χ1) is 12.6. The summed E-state index contributed by atoms with van der Waals surface area (Å²) in [4.78, 5) is 27.4. The number of rotatable bonds is 6. The third kappa shape index (κ3) is 3.43. The number of aromatic carboxylic acids is 1. The van der Waals surface area contributed by atoms with Crippen LogP contribution < -0.4 is 5.32 Å². The smallest absolute Gasteiger partial charge is 0.358 e. The topological polar surface area (TPSA) is 139 Å². The zero-order chi connectivity index (χ0) is 18.1. The first-order valence-electron chi connectivity index (χ1n) is 8.04. The first kappa shape index (κ1) is 15.9. The Bertz CT molecular complexity index is 974. The van der Waals surface area contributed by atoms with Crippen LogP contribution in [0.2, 0.25) is 0 Å². The second-order valence-corrected chi connectivity index (χ2v) is 6.05. The molecule has 1 aromatic carbocycles. The highest BCUT2D eigenvalue weighted by molar-refractivity contribution is 5.91. The van der Waals surface area contributed by atoms with Crippen LogP contribution in [-0.2, 0) is 11.3 Å². The Hall–Kier alpha value is -3.56. The first-order valence-corrected chi connectivity index (χ1v) is 8.04. The van der Waals surface area contributed by atoms with Crippen LogP contribution in [0.15, 0.2) is 30.5 Å². The molecule has 0 bridgehead atoms. The van der Waals surface area contributed by atoms with Crippen LogP contribution in [0.1, 0.15) is 35.1 Å². The maximum Gasteiger partial charge on any atom is 0.358 e. The molecule has 0 radical (unpaired) electrons. The number of hydrogen-bond donors (Lipinski definition) is 3. The number of carbonyl (C=O) groups excluding carboxylic acids is 1. The number of aromatic amines is 1. The number of carboxylic acids is 1. The van der Waals surface area contributed by atoms with Crippen molar-refractivity contribution < 1.29 is 14.7 Å². The van der Waals surface area contributed by atoms with E-state index in [1.54, 1.807) is 18.2 Å². The van der Waals surface area contributed by atoms with Crippen LogP contribution in [0, 0.1) is 0 Å². The standard InChI is InChI=1S/C16H15N7O3/c24-13(8-23-7-12(16(25)26)19-22-23)17-11-3-1-2-10(6-11)15-18-14(20-21-15)9-4-5-9/h1-3,6-7,9H,4-5,8H2,(H,17,24)(H,25,26)(H,18,20,21). The molecule has 4 rings (SSSR count). The van der Waals surface area contributed by atoms with E-state index >= 15 is 0 Å². The molecule has 0 atom stereocenters. The van der Waals surface area contributed by atoms with Crippen molar-refractivity contribution in [2.75, 3.05) is 5.32 Å². The number of benzene rings is 1. The number of carbonyl (C=O) groups is 2. The third-order valence-electron chi connectivity index (χ3n) is 3.93. The Morgan fingerprint density at radius 1 is 1.35 bits per heavy atom. The number of hydrogen-bond acceptors (Lipinski definition) is 6. The van der Waals surface area contributed by atoms with E-state index in [0.29, 0.717) is 17.4 Å². The average molecular weight is 353 g/mol. The zero-order valence-corrected chi connectivity index (χ0v) is 13.6. The van der Waals surface area contributed by atoms with Gasteiger partial charge >= 0.3 is 5.97 Å². The number of nitrogens with one attached hydrogen (secondary N) is 2. The summed E-state index contributed by atoms with van der Waals surface area (Å²) in [7, 11) is 0. The van der Waals surface area contributed by atoms with Crippen molar-refractivity contribution in [1.29, 1.82) is 0 Å². The predicted molar refractivity (Wildman–Crippen MR) is 89.4 cm³/mol. The summed E-state index contributed by atoms with van der Waals surface area (Å²) < 4.78 is 1.17. The van der Waals surface area contributed by atoms with E-state index in [1.807, 2.05) is 6.07 Å². The molecule has 132 valence electrons. The Morgan fingerprint density at radius 3 is 2.92 bits per heavy atom. The third-order valence-corrected chi connectivity index (χ3v) is 3.93. The zero-order valence-electron chi connectivity index (χ0n) is 13.6. The van der Waals surface area contributed by atoms with Crippen LogP contribution in [0.4, 0.5) is 5.69 Å². The summed E-state index contributed by atoms with van der Waals surface area (Å²) in [6.45, 7) is -0.142. The van der Waals surface area contributed by atoms with Gasteiger partial charge in [0.2, 0.25) is 5.91 Å². The summed E-state index contributed by atoms with van der Waals surface area (Å²) in [5.74, 6) is 0.428. The molecular weight excluding hydrogens is 338 g/mol. The Labute approximate surface area is 147 Å². The van der Waals surface area contributed by atoms with E-state index in [-0.39, 0.29) is 18.1 Å². The van der Waals surface area contributed by atoms with Gasteiger partial charge < -0.3 is 10.4 Å². The lowest BCUT2D eigenvalue weighted by molar-refractivity contribution is -0.116. The van der Waals surface area contributed by atoms with E-state index in [9.17, 15) is 9.59 Å². The Morgan fingerprint density at radius 2 is 2.19 bits per heavy atom. The van der Waals surface area contributed by atoms with Gasteiger partial charge in [-0.2, -0.15) is 5.10 Å². The molecule has 10 heteroatoms. The lowest BCUT2D eigenvalue weighted by Crippen LogP contribution is -2.19. The van der Waals surface area contributed by atoms with E-state index in [4.69, 9.17) is 5.11 Å². The van der Waals surface area contributed by atoms with Crippen molar-refractivity contribution in [2.24, 2.45) is 0 Å². The molecule has 3 aromatic rings. The average Bonchev–Trinajstić information content (AvgIpc) is 3.16. The molecular formula is C16H15N7O3. The number of aromatic nitrogens is 6. The van der Waals surface area contributed by atoms with Gasteiger partial charge in [-0.15, -0.1) is 5.10 Å². The van der Waals surface area contributed by atoms with E-state index in [1.165, 1.54) is 10.9 Å². The highest BCUT2D eigenvalue weighted by atomic mass is 16.4. The molecule has 1 aliphatic carbocycles. The number of nitrogens with zero attached hydrogens (tertiary/aromatic N) is 5. The second-order valence-electron chi connectivity index (χ2n) is 6.05. The summed E-state index contributed by atoms with van der Waals surface area (Å²) in [6, 6.07) is 7.20. The van der Waals surface area contributed by atoms with Gasteiger partial charge in [0.25, 0.3) is 0 Å².